The number of nitrogens with two attached hydrogens (primary N) is 1. The van der Waals surface area contributed by atoms with Crippen molar-refractivity contribution in [3.63, 3.8) is 0 Å². The van der Waals surface area contributed by atoms with Gasteiger partial charge in [-0.05, 0) is 0 Å². The molecule has 0 amide bonds. The van der Waals surface area contributed by atoms with Crippen LogP contribution in [-0.2, 0) is 0 Å². The number of nitrogens with one attached hydrogen (secondary N) is 2. The first kappa shape index (κ1) is 19.1. The van der Waals surface area contributed by atoms with Crippen molar-refractivity contribution >= 4 is 87.5 Å². The number of nitrogens with zero attached hydrogens (tertiary/aromatic N) is 3. The molecular formula is C7H8Cl6N6O2. The Kier molecular flexibility index (Phi) is 6.46. The Labute approximate surface area is 148 Å². The second kappa shape index (κ2) is 7.10. The van der Waals surface area contributed by atoms with Gasteiger partial charge in [0.2, 0.25) is 25.4 Å². The topological polar surface area (TPSA) is 129 Å². The third-order valence-corrected chi connectivity index (χ3v) is 3.04. The molecule has 120 valence electrons. The fourth-order valence-corrected chi connectivity index (χ4v) is 1.26. The minimum atomic E-state index is -2.04. The molecule has 8 nitrogen and oxygen atoms in total. The average molecular weight is 421 g/mol. The molecule has 0 aliphatic heterocycles. The van der Waals surface area contributed by atoms with Crippen LogP contribution in [0.1, 0.15) is 0 Å². The molecule has 1 heterocycles. The molecule has 2 unspecified atom stereocenters. The van der Waals surface area contributed by atoms with Crippen LogP contribution in [0.15, 0.2) is 0 Å². The highest BCUT2D eigenvalue weighted by Gasteiger charge is 2.33. The Hall–Kier alpha value is 0.0700. The lowest BCUT2D eigenvalue weighted by atomic mass is 10.6. The van der Waals surface area contributed by atoms with Crippen molar-refractivity contribution in [2.24, 2.45) is 0 Å². The van der Waals surface area contributed by atoms with E-state index in [9.17, 15) is 10.2 Å². The molecule has 0 fully saturated rings. The number of hydrogen-bond acceptors (Lipinski definition) is 8. The Morgan fingerprint density at radius 3 is 1.43 bits per heavy atom. The second-order valence-electron chi connectivity index (χ2n) is 3.52. The van der Waals surface area contributed by atoms with E-state index in [2.05, 4.69) is 25.6 Å². The standard InChI is InChI=1S/C7H8Cl6N6O2/c8-6(9,10)1(20)15-4-17-3(14)18-5(19-4)16-2(21)7(11,12)13/h1-2,20-21H,(H4,14,15,16,17,18,19). The second-order valence-corrected chi connectivity index (χ2v) is 8.26. The van der Waals surface area contributed by atoms with Crippen molar-refractivity contribution in [2.75, 3.05) is 16.4 Å². The van der Waals surface area contributed by atoms with E-state index in [-0.39, 0.29) is 17.8 Å². The first-order valence-corrected chi connectivity index (χ1v) is 7.20. The highest BCUT2D eigenvalue weighted by molar-refractivity contribution is 6.68. The molecule has 6 N–H and O–H groups in total. The molecule has 0 saturated carbocycles. The van der Waals surface area contributed by atoms with Gasteiger partial charge in [0.15, 0.2) is 12.5 Å². The largest absolute Gasteiger partial charge is 0.369 e. The van der Waals surface area contributed by atoms with Crippen LogP contribution in [0.3, 0.4) is 0 Å². The Morgan fingerprint density at radius 1 is 0.810 bits per heavy atom. The fourth-order valence-electron chi connectivity index (χ4n) is 0.930. The monoisotopic (exact) mass is 418 g/mol. The number of hydrogen-bond donors (Lipinski definition) is 5. The number of aliphatic hydroxyl groups excluding tert-OH is 2. The van der Waals surface area contributed by atoms with E-state index in [4.69, 9.17) is 75.3 Å². The summed E-state index contributed by atoms with van der Waals surface area (Å²) in [5.41, 5.74) is 5.43. The Morgan fingerprint density at radius 2 is 1.14 bits per heavy atom. The third kappa shape index (κ3) is 6.37. The zero-order valence-corrected chi connectivity index (χ0v) is 14.3. The maximum atomic E-state index is 9.55. The first-order valence-electron chi connectivity index (χ1n) is 4.94. The fraction of sp³-hybridized carbons (Fsp3) is 0.571. The summed E-state index contributed by atoms with van der Waals surface area (Å²) in [6.45, 7) is 0. The summed E-state index contributed by atoms with van der Waals surface area (Å²) in [5, 5.41) is 23.6. The normalized spacial score (nSPS) is 15.4. The van der Waals surface area contributed by atoms with Crippen molar-refractivity contribution in [3.8, 4) is 0 Å². The molecule has 14 heteroatoms. The molecule has 0 spiro atoms. The van der Waals surface area contributed by atoms with Crippen molar-refractivity contribution < 1.29 is 10.2 Å². The molecule has 0 saturated heterocycles. The molecule has 0 aliphatic rings. The van der Waals surface area contributed by atoms with Crippen molar-refractivity contribution in [2.45, 2.75) is 20.0 Å². The van der Waals surface area contributed by atoms with E-state index >= 15 is 0 Å². The summed E-state index contributed by atoms with van der Waals surface area (Å²) in [7, 11) is 0. The maximum absolute atomic E-state index is 9.55. The predicted octanol–water partition coefficient (Wildman–Crippen LogP) is 1.65. The van der Waals surface area contributed by atoms with Crippen molar-refractivity contribution in [1.82, 2.24) is 15.0 Å². The van der Waals surface area contributed by atoms with Crippen LogP contribution >= 0.6 is 69.6 Å². The van der Waals surface area contributed by atoms with Gasteiger partial charge in [-0.25, -0.2) is 0 Å². The number of anilines is 3. The van der Waals surface area contributed by atoms with Gasteiger partial charge in [-0.3, -0.25) is 0 Å². The van der Waals surface area contributed by atoms with Gasteiger partial charge in [0, 0.05) is 0 Å². The smallest absolute Gasteiger partial charge is 0.234 e. The van der Waals surface area contributed by atoms with E-state index < -0.39 is 20.0 Å². The highest BCUT2D eigenvalue weighted by atomic mass is 35.6. The number of aliphatic hydroxyl groups is 2. The first-order chi connectivity index (χ1) is 9.39. The van der Waals surface area contributed by atoms with E-state index in [0.717, 1.165) is 0 Å². The van der Waals surface area contributed by atoms with E-state index in [0.29, 0.717) is 0 Å². The number of alkyl halides is 6. The summed E-state index contributed by atoms with van der Waals surface area (Å²) in [6.07, 6.45) is -3.26. The van der Waals surface area contributed by atoms with Gasteiger partial charge in [-0.15, -0.1) is 0 Å². The Balaban J connectivity index is 2.90. The van der Waals surface area contributed by atoms with Gasteiger partial charge >= 0.3 is 0 Å². The number of halogens is 6. The molecule has 1 rings (SSSR count). The molecule has 0 bridgehead atoms. The van der Waals surface area contributed by atoms with Crippen LogP contribution < -0.4 is 16.4 Å². The minimum Gasteiger partial charge on any atom is -0.369 e. The van der Waals surface area contributed by atoms with Gasteiger partial charge in [0.1, 0.15) is 0 Å². The summed E-state index contributed by atoms with van der Waals surface area (Å²) in [6, 6.07) is 0. The quantitative estimate of drug-likeness (QED) is 0.367. The summed E-state index contributed by atoms with van der Waals surface area (Å²) < 4.78 is -4.07. The van der Waals surface area contributed by atoms with Crippen LogP contribution in [0.2, 0.25) is 0 Å². The van der Waals surface area contributed by atoms with Crippen LogP contribution in [0.4, 0.5) is 17.8 Å². The number of nitrogen functional groups attached to an aromatic ring is 1. The molecule has 0 aromatic carbocycles. The summed E-state index contributed by atoms with van der Waals surface area (Å²) in [4.78, 5) is 11.0. The SMILES string of the molecule is Nc1nc(NC(O)C(Cl)(Cl)Cl)nc(NC(O)C(Cl)(Cl)Cl)n1. The lowest BCUT2D eigenvalue weighted by Crippen LogP contribution is -2.35. The molecule has 0 aliphatic carbocycles. The maximum Gasteiger partial charge on any atom is 0.234 e. The molecule has 1 aromatic rings. The summed E-state index contributed by atoms with van der Waals surface area (Å²) in [5.74, 6) is -0.733. The van der Waals surface area contributed by atoms with Gasteiger partial charge in [-0.1, -0.05) is 69.6 Å². The highest BCUT2D eigenvalue weighted by Crippen LogP contribution is 2.31. The number of rotatable bonds is 4. The van der Waals surface area contributed by atoms with Crippen LogP contribution in [0.5, 0.6) is 0 Å². The van der Waals surface area contributed by atoms with Crippen LogP contribution in [-0.4, -0.2) is 45.2 Å². The molecular weight excluding hydrogens is 413 g/mol. The predicted molar refractivity (Wildman–Crippen MR) is 84.1 cm³/mol. The van der Waals surface area contributed by atoms with Gasteiger partial charge in [0.05, 0.1) is 0 Å². The van der Waals surface area contributed by atoms with Crippen molar-refractivity contribution in [3.05, 3.63) is 0 Å². The third-order valence-electron chi connectivity index (χ3n) is 1.80. The van der Waals surface area contributed by atoms with Gasteiger partial charge in [0.25, 0.3) is 0 Å². The average Bonchev–Trinajstić information content (AvgIpc) is 2.25. The van der Waals surface area contributed by atoms with Gasteiger partial charge in [-0.2, -0.15) is 15.0 Å². The molecule has 2 atom stereocenters. The zero-order valence-electron chi connectivity index (χ0n) is 9.74. The molecule has 0 radical (unpaired) electrons. The lowest BCUT2D eigenvalue weighted by molar-refractivity contribution is 0.206. The van der Waals surface area contributed by atoms with Crippen LogP contribution in [0.25, 0.3) is 0 Å². The van der Waals surface area contributed by atoms with Gasteiger partial charge < -0.3 is 26.6 Å². The number of aromatic nitrogens is 3. The Bertz CT molecular complexity index is 453. The van der Waals surface area contributed by atoms with E-state index in [1.165, 1.54) is 0 Å². The zero-order chi connectivity index (χ0) is 16.4. The van der Waals surface area contributed by atoms with Crippen LogP contribution in [0, 0.1) is 0 Å². The van der Waals surface area contributed by atoms with E-state index in [1.54, 1.807) is 0 Å². The van der Waals surface area contributed by atoms with E-state index in [1.807, 2.05) is 0 Å². The summed E-state index contributed by atoms with van der Waals surface area (Å²) >= 11 is 32.8. The minimum absolute atomic E-state index is 0.236. The van der Waals surface area contributed by atoms with Crippen molar-refractivity contribution in [1.29, 1.82) is 0 Å². The molecule has 1 aromatic heterocycles. The lowest BCUT2D eigenvalue weighted by Gasteiger charge is -2.21. The molecule has 21 heavy (non-hydrogen) atoms.